The highest BCUT2D eigenvalue weighted by Crippen LogP contribution is 2.23. The lowest BCUT2D eigenvalue weighted by molar-refractivity contribution is -0.302. The van der Waals surface area contributed by atoms with E-state index < -0.39 is 49.5 Å². The number of hydrogen-bond acceptors (Lipinski definition) is 8. The van der Waals surface area contributed by atoms with E-state index in [1.165, 1.54) is 141 Å². The van der Waals surface area contributed by atoms with Crippen LogP contribution in [0.5, 0.6) is 0 Å². The zero-order valence-electron chi connectivity index (χ0n) is 39.2. The van der Waals surface area contributed by atoms with Crippen molar-refractivity contribution >= 4 is 5.91 Å². The fourth-order valence-electron chi connectivity index (χ4n) is 7.79. The van der Waals surface area contributed by atoms with Crippen molar-refractivity contribution in [3.63, 3.8) is 0 Å². The number of hydrogen-bond donors (Lipinski definition) is 6. The standard InChI is InChI=1S/C52H95NO8/c1-3-5-7-9-11-13-15-17-19-21-23-24-25-27-29-31-33-35-37-39-41-46(55)45(44-60-52-51(59)50(58)49(57)47(43-54)61-52)53-48(56)42-40-38-36-34-32-30-28-26-22-20-18-16-14-12-10-8-6-4-2/h14,16,20,22,31,33,39,41,45-47,49-52,54-55,57-59H,3-13,15,17-19,21,23-30,32,34-38,40,42-44H2,1-2H3,(H,53,56)/b16-14-,22-20-,33-31+,41-39+. The van der Waals surface area contributed by atoms with Crippen molar-refractivity contribution in [2.45, 2.75) is 262 Å². The number of ether oxygens (including phenoxy) is 2. The van der Waals surface area contributed by atoms with Gasteiger partial charge in [-0.15, -0.1) is 0 Å². The topological polar surface area (TPSA) is 149 Å². The molecule has 0 saturated carbocycles. The van der Waals surface area contributed by atoms with E-state index in [9.17, 15) is 30.3 Å². The van der Waals surface area contributed by atoms with E-state index >= 15 is 0 Å². The molecule has 356 valence electrons. The summed E-state index contributed by atoms with van der Waals surface area (Å²) in [4.78, 5) is 13.0. The number of aliphatic hydroxyl groups is 5. The van der Waals surface area contributed by atoms with Crippen molar-refractivity contribution in [3.05, 3.63) is 48.6 Å². The Bertz CT molecular complexity index is 1090. The van der Waals surface area contributed by atoms with Gasteiger partial charge in [0.25, 0.3) is 0 Å². The molecule has 7 atom stereocenters. The first-order chi connectivity index (χ1) is 29.8. The van der Waals surface area contributed by atoms with Crippen LogP contribution in [0.2, 0.25) is 0 Å². The molecule has 0 radical (unpaired) electrons. The minimum atomic E-state index is -1.57. The monoisotopic (exact) mass is 862 g/mol. The van der Waals surface area contributed by atoms with Crippen LogP contribution in [0.1, 0.15) is 219 Å². The molecule has 9 nitrogen and oxygen atoms in total. The van der Waals surface area contributed by atoms with Crippen LogP contribution in [0.15, 0.2) is 48.6 Å². The van der Waals surface area contributed by atoms with Gasteiger partial charge < -0.3 is 40.3 Å². The minimum absolute atomic E-state index is 0.195. The first-order valence-electron chi connectivity index (χ1n) is 25.4. The van der Waals surface area contributed by atoms with Crippen molar-refractivity contribution in [2.75, 3.05) is 13.2 Å². The molecule has 0 aliphatic carbocycles. The molecule has 9 heteroatoms. The molecule has 0 aromatic carbocycles. The zero-order valence-corrected chi connectivity index (χ0v) is 39.2. The maximum absolute atomic E-state index is 13.0. The summed E-state index contributed by atoms with van der Waals surface area (Å²) in [6, 6.07) is -0.826. The number of nitrogens with one attached hydrogen (secondary N) is 1. The van der Waals surface area contributed by atoms with Gasteiger partial charge in [-0.25, -0.2) is 0 Å². The molecular weight excluding hydrogens is 767 g/mol. The number of allylic oxidation sites excluding steroid dienone is 7. The van der Waals surface area contributed by atoms with Gasteiger partial charge in [-0.05, 0) is 64.2 Å². The Kier molecular flexibility index (Phi) is 39.5. The summed E-state index contributed by atoms with van der Waals surface area (Å²) >= 11 is 0. The smallest absolute Gasteiger partial charge is 0.220 e. The highest BCUT2D eigenvalue weighted by Gasteiger charge is 2.44. The van der Waals surface area contributed by atoms with E-state index in [1.807, 2.05) is 6.08 Å². The maximum atomic E-state index is 13.0. The van der Waals surface area contributed by atoms with Gasteiger partial charge in [0.2, 0.25) is 5.91 Å². The Hall–Kier alpha value is -1.85. The number of carbonyl (C=O) groups excluding carboxylic acids is 1. The summed E-state index contributed by atoms with van der Waals surface area (Å²) in [6.45, 7) is 3.74. The second-order valence-electron chi connectivity index (χ2n) is 17.6. The van der Waals surface area contributed by atoms with E-state index in [2.05, 4.69) is 55.6 Å². The molecule has 1 aliphatic rings. The fourth-order valence-corrected chi connectivity index (χ4v) is 7.79. The summed E-state index contributed by atoms with van der Waals surface area (Å²) in [5, 5.41) is 54.3. The summed E-state index contributed by atoms with van der Waals surface area (Å²) in [6.07, 6.45) is 47.3. The normalized spacial score (nSPS) is 20.8. The molecular formula is C52H95NO8. The summed E-state index contributed by atoms with van der Waals surface area (Å²) in [5.41, 5.74) is 0. The fraction of sp³-hybridized carbons (Fsp3) is 0.827. The lowest BCUT2D eigenvalue weighted by Gasteiger charge is -2.40. The quantitative estimate of drug-likeness (QED) is 0.0262. The number of rotatable bonds is 42. The van der Waals surface area contributed by atoms with E-state index in [-0.39, 0.29) is 12.5 Å². The molecule has 61 heavy (non-hydrogen) atoms. The molecule has 1 aliphatic heterocycles. The predicted molar refractivity (Wildman–Crippen MR) is 253 cm³/mol. The number of unbranched alkanes of at least 4 members (excludes halogenated alkanes) is 26. The third-order valence-electron chi connectivity index (χ3n) is 11.9. The Morgan fingerprint density at radius 3 is 1.49 bits per heavy atom. The van der Waals surface area contributed by atoms with Crippen molar-refractivity contribution < 1.29 is 39.8 Å². The van der Waals surface area contributed by atoms with Crippen LogP contribution in [-0.4, -0.2) is 87.5 Å². The van der Waals surface area contributed by atoms with E-state index in [1.54, 1.807) is 6.08 Å². The molecule has 0 aromatic rings. The summed E-state index contributed by atoms with van der Waals surface area (Å²) < 4.78 is 11.2. The number of aliphatic hydroxyl groups excluding tert-OH is 5. The van der Waals surface area contributed by atoms with Gasteiger partial charge >= 0.3 is 0 Å². The molecule has 1 fully saturated rings. The van der Waals surface area contributed by atoms with Crippen LogP contribution in [-0.2, 0) is 14.3 Å². The zero-order chi connectivity index (χ0) is 44.4. The number of carbonyl (C=O) groups is 1. The Labute approximate surface area is 373 Å². The van der Waals surface area contributed by atoms with Gasteiger partial charge in [-0.2, -0.15) is 0 Å². The molecule has 0 spiro atoms. The van der Waals surface area contributed by atoms with Gasteiger partial charge in [0, 0.05) is 6.42 Å². The van der Waals surface area contributed by atoms with Crippen LogP contribution in [0, 0.1) is 0 Å². The third kappa shape index (κ3) is 32.5. The van der Waals surface area contributed by atoms with Crippen LogP contribution in [0.3, 0.4) is 0 Å². The lowest BCUT2D eigenvalue weighted by Crippen LogP contribution is -2.60. The van der Waals surface area contributed by atoms with Crippen LogP contribution in [0.4, 0.5) is 0 Å². The molecule has 1 heterocycles. The average Bonchev–Trinajstić information content (AvgIpc) is 3.26. The molecule has 1 amide bonds. The summed E-state index contributed by atoms with van der Waals surface area (Å²) in [5.74, 6) is -0.195. The van der Waals surface area contributed by atoms with Crippen molar-refractivity contribution in [1.82, 2.24) is 5.32 Å². The first kappa shape index (κ1) is 57.2. The van der Waals surface area contributed by atoms with E-state index in [4.69, 9.17) is 9.47 Å². The van der Waals surface area contributed by atoms with Crippen molar-refractivity contribution in [3.8, 4) is 0 Å². The molecule has 6 N–H and O–H groups in total. The van der Waals surface area contributed by atoms with Gasteiger partial charge in [0.1, 0.15) is 24.4 Å². The van der Waals surface area contributed by atoms with Gasteiger partial charge in [-0.3, -0.25) is 4.79 Å². The summed E-state index contributed by atoms with van der Waals surface area (Å²) in [7, 11) is 0. The highest BCUT2D eigenvalue weighted by molar-refractivity contribution is 5.76. The predicted octanol–water partition coefficient (Wildman–Crippen LogP) is 11.4. The van der Waals surface area contributed by atoms with Gasteiger partial charge in [0.15, 0.2) is 6.29 Å². The van der Waals surface area contributed by atoms with E-state index in [0.717, 1.165) is 57.8 Å². The van der Waals surface area contributed by atoms with E-state index in [0.29, 0.717) is 6.42 Å². The van der Waals surface area contributed by atoms with Crippen molar-refractivity contribution in [1.29, 1.82) is 0 Å². The third-order valence-corrected chi connectivity index (χ3v) is 11.9. The molecule has 7 unspecified atom stereocenters. The Morgan fingerprint density at radius 1 is 0.557 bits per heavy atom. The SMILES string of the molecule is CCCCCC/C=C\C/C=C\CCCCCCCCCC(=O)NC(COC1OC(CO)C(O)C(O)C1O)C(O)/C=C/CC/C=C/CCCCCCCCCCCCCCCC. The molecule has 0 bridgehead atoms. The Morgan fingerprint density at radius 2 is 0.984 bits per heavy atom. The van der Waals surface area contributed by atoms with Crippen LogP contribution in [0.25, 0.3) is 0 Å². The first-order valence-corrected chi connectivity index (χ1v) is 25.4. The van der Waals surface area contributed by atoms with Crippen LogP contribution >= 0.6 is 0 Å². The average molecular weight is 862 g/mol. The largest absolute Gasteiger partial charge is 0.394 e. The minimum Gasteiger partial charge on any atom is -0.394 e. The Balaban J connectivity index is 2.34. The van der Waals surface area contributed by atoms with Crippen molar-refractivity contribution in [2.24, 2.45) is 0 Å². The lowest BCUT2D eigenvalue weighted by atomic mass is 9.99. The second kappa shape index (κ2) is 42.1. The molecule has 1 rings (SSSR count). The highest BCUT2D eigenvalue weighted by atomic mass is 16.7. The molecule has 0 aromatic heterocycles. The van der Waals surface area contributed by atoms with Gasteiger partial charge in [0.05, 0.1) is 25.4 Å². The number of amides is 1. The second-order valence-corrected chi connectivity index (χ2v) is 17.6. The van der Waals surface area contributed by atoms with Gasteiger partial charge in [-0.1, -0.05) is 197 Å². The molecule has 1 saturated heterocycles. The maximum Gasteiger partial charge on any atom is 0.220 e. The van der Waals surface area contributed by atoms with Crippen LogP contribution < -0.4 is 5.32 Å².